The molecule has 0 saturated carbocycles. The lowest BCUT2D eigenvalue weighted by Crippen LogP contribution is -2.26. The molecule has 1 N–H and O–H groups in total. The Hall–Kier alpha value is -1.62. The molecule has 2 aromatic rings. The van der Waals surface area contributed by atoms with Crippen LogP contribution in [0.15, 0.2) is 48.5 Å². The van der Waals surface area contributed by atoms with Crippen LogP contribution >= 0.6 is 12.0 Å². The smallest absolute Gasteiger partial charge is 0.210 e. The summed E-state index contributed by atoms with van der Waals surface area (Å²) in [7, 11) is 0. The Balaban J connectivity index is 1.89. The number of benzene rings is 2. The van der Waals surface area contributed by atoms with Gasteiger partial charge in [-0.05, 0) is 31.4 Å². The zero-order valence-corrected chi connectivity index (χ0v) is 16.0. The molecule has 3 rings (SSSR count). The predicted octanol–water partition coefficient (Wildman–Crippen LogP) is 5.67. The van der Waals surface area contributed by atoms with Crippen LogP contribution in [0.2, 0.25) is 0 Å². The van der Waals surface area contributed by atoms with E-state index >= 15 is 0 Å². The summed E-state index contributed by atoms with van der Waals surface area (Å²) in [6.45, 7) is 7.85. The number of unbranched alkanes of at least 4 members (excludes halogenated alkanes) is 1. The minimum Gasteiger partial charge on any atom is -0.239 e. The zero-order chi connectivity index (χ0) is 17.9. The van der Waals surface area contributed by atoms with Gasteiger partial charge in [-0.25, -0.2) is 5.26 Å². The Bertz CT molecular complexity index is 769. The summed E-state index contributed by atoms with van der Waals surface area (Å²) < 4.78 is 6.55. The van der Waals surface area contributed by atoms with Gasteiger partial charge in [-0.3, -0.25) is 0 Å². The van der Waals surface area contributed by atoms with Crippen molar-refractivity contribution in [1.82, 2.24) is 0 Å². The molecule has 1 heterocycles. The van der Waals surface area contributed by atoms with Gasteiger partial charge in [0.1, 0.15) is 6.54 Å². The van der Waals surface area contributed by atoms with Crippen molar-refractivity contribution in [2.45, 2.75) is 39.0 Å². The molecule has 2 aromatic carbocycles. The fourth-order valence-electron chi connectivity index (χ4n) is 3.56. The van der Waals surface area contributed by atoms with E-state index in [1.165, 1.54) is 28.1 Å². The first-order valence-corrected chi connectivity index (χ1v) is 9.71. The lowest BCUT2D eigenvalue weighted by atomic mass is 9.82. The van der Waals surface area contributed by atoms with Crippen molar-refractivity contribution in [2.24, 2.45) is 0 Å². The Labute approximate surface area is 154 Å². The summed E-state index contributed by atoms with van der Waals surface area (Å²) in [5, 5.41) is 8.41. The monoisotopic (exact) mass is 356 g/mol. The molecule has 0 spiro atoms. The van der Waals surface area contributed by atoms with Crippen molar-refractivity contribution >= 4 is 23.4 Å². The van der Waals surface area contributed by atoms with Crippen LogP contribution in [0, 0.1) is 0 Å². The largest absolute Gasteiger partial charge is 0.239 e. The van der Waals surface area contributed by atoms with Crippen molar-refractivity contribution in [1.29, 1.82) is 0 Å². The van der Waals surface area contributed by atoms with Crippen molar-refractivity contribution in [2.75, 3.05) is 12.3 Å². The Morgan fingerprint density at radius 3 is 2.52 bits per heavy atom. The molecule has 0 atom stereocenters. The lowest BCUT2D eigenvalue weighted by molar-refractivity contribution is -0.439. The van der Waals surface area contributed by atoms with E-state index in [0.29, 0.717) is 0 Å². The molecule has 0 fully saturated rings. The normalized spacial score (nSPS) is 15.5. The maximum Gasteiger partial charge on any atom is 0.210 e. The van der Waals surface area contributed by atoms with E-state index in [2.05, 4.69) is 78.2 Å². The van der Waals surface area contributed by atoms with Crippen LogP contribution in [0.25, 0.3) is 11.1 Å². The maximum atomic E-state index is 8.41. The number of rotatable bonds is 7. The molecule has 0 unspecified atom stereocenters. The highest BCUT2D eigenvalue weighted by Crippen LogP contribution is 2.41. The highest BCUT2D eigenvalue weighted by molar-refractivity contribution is 7.94. The van der Waals surface area contributed by atoms with Gasteiger partial charge in [-0.15, -0.1) is 0 Å². The fraction of sp³-hybridized carbons (Fsp3) is 0.381. The SMILES string of the molecule is CC1=[N+](CCCCSOO)c2cc(-c3ccccc3)ccc2C1(C)C. The van der Waals surface area contributed by atoms with Crippen LogP contribution in [0.3, 0.4) is 0 Å². The van der Waals surface area contributed by atoms with Crippen molar-refractivity contribution in [3.63, 3.8) is 0 Å². The molecule has 0 aromatic heterocycles. The van der Waals surface area contributed by atoms with Crippen LogP contribution in [0.5, 0.6) is 0 Å². The molecule has 4 heteroatoms. The van der Waals surface area contributed by atoms with Gasteiger partial charge in [0.25, 0.3) is 0 Å². The average molecular weight is 357 g/mol. The molecule has 0 radical (unpaired) electrons. The molecule has 25 heavy (non-hydrogen) atoms. The van der Waals surface area contributed by atoms with Gasteiger partial charge in [0.05, 0.1) is 5.41 Å². The Morgan fingerprint density at radius 1 is 1.04 bits per heavy atom. The number of nitrogens with zero attached hydrogens (tertiary/aromatic N) is 1. The standard InChI is InChI=1S/C21H25NO2S/c1-16-21(2,3)19-12-11-18(17-9-5-4-6-10-17)15-20(19)22(16)13-7-8-14-25-24-23/h4-6,9-12,15H,7-8,13-14H2,1-3H3/p+1. The van der Waals surface area contributed by atoms with Gasteiger partial charge in [-0.1, -0.05) is 42.5 Å². The molecule has 132 valence electrons. The molecular formula is C21H26NO2S+. The molecule has 1 aliphatic heterocycles. The summed E-state index contributed by atoms with van der Waals surface area (Å²) in [4.78, 5) is 0. The van der Waals surface area contributed by atoms with Crippen LogP contribution < -0.4 is 0 Å². The second kappa shape index (κ2) is 7.73. The molecule has 3 nitrogen and oxygen atoms in total. The molecule has 0 aliphatic carbocycles. The first-order valence-electron chi connectivity index (χ1n) is 8.80. The highest BCUT2D eigenvalue weighted by atomic mass is 32.2. The van der Waals surface area contributed by atoms with Crippen LogP contribution in [0.4, 0.5) is 5.69 Å². The van der Waals surface area contributed by atoms with E-state index in [-0.39, 0.29) is 5.41 Å². The van der Waals surface area contributed by atoms with Crippen molar-refractivity contribution in [3.8, 4) is 11.1 Å². The molecule has 1 aliphatic rings. The van der Waals surface area contributed by atoms with E-state index in [4.69, 9.17) is 5.26 Å². The summed E-state index contributed by atoms with van der Waals surface area (Å²) in [6, 6.07) is 17.4. The predicted molar refractivity (Wildman–Crippen MR) is 106 cm³/mol. The van der Waals surface area contributed by atoms with E-state index in [0.717, 1.165) is 37.2 Å². The van der Waals surface area contributed by atoms with Gasteiger partial charge in [-0.2, -0.15) is 8.91 Å². The highest BCUT2D eigenvalue weighted by Gasteiger charge is 2.42. The first-order chi connectivity index (χ1) is 12.1. The number of fused-ring (bicyclic) bond motifs is 1. The van der Waals surface area contributed by atoms with E-state index in [1.54, 1.807) is 0 Å². The summed E-state index contributed by atoms with van der Waals surface area (Å²) >= 11 is 1.11. The molecular weight excluding hydrogens is 330 g/mol. The van der Waals surface area contributed by atoms with Crippen LogP contribution in [-0.4, -0.2) is 27.8 Å². The molecule has 0 saturated heterocycles. The summed E-state index contributed by atoms with van der Waals surface area (Å²) in [6.07, 6.45) is 2.09. The quantitative estimate of drug-likeness (QED) is 0.228. The fourth-order valence-corrected chi connectivity index (χ4v) is 3.96. The van der Waals surface area contributed by atoms with E-state index < -0.39 is 0 Å². The zero-order valence-electron chi connectivity index (χ0n) is 15.2. The van der Waals surface area contributed by atoms with Crippen molar-refractivity contribution in [3.05, 3.63) is 54.1 Å². The third kappa shape index (κ3) is 3.66. The number of hydrogen-bond acceptors (Lipinski definition) is 3. The maximum absolute atomic E-state index is 8.41. The Kier molecular flexibility index (Phi) is 5.62. The summed E-state index contributed by atoms with van der Waals surface area (Å²) in [5.74, 6) is 0.809. The minimum absolute atomic E-state index is 0.0630. The minimum atomic E-state index is 0.0630. The second-order valence-electron chi connectivity index (χ2n) is 7.06. The average Bonchev–Trinajstić information content (AvgIpc) is 2.82. The van der Waals surface area contributed by atoms with Gasteiger partial charge in [0.2, 0.25) is 5.69 Å². The Morgan fingerprint density at radius 2 is 1.80 bits per heavy atom. The third-order valence-electron chi connectivity index (χ3n) is 5.29. The molecule has 0 bridgehead atoms. The topological polar surface area (TPSA) is 32.5 Å². The lowest BCUT2D eigenvalue weighted by Gasteiger charge is -2.15. The van der Waals surface area contributed by atoms with Gasteiger partial charge < -0.3 is 0 Å². The second-order valence-corrected chi connectivity index (χ2v) is 7.86. The van der Waals surface area contributed by atoms with E-state index in [1.807, 2.05) is 0 Å². The van der Waals surface area contributed by atoms with Gasteiger partial charge in [0, 0.05) is 42.8 Å². The van der Waals surface area contributed by atoms with Gasteiger partial charge in [0.15, 0.2) is 5.71 Å². The first kappa shape index (κ1) is 18.2. The summed E-state index contributed by atoms with van der Waals surface area (Å²) in [5.41, 5.74) is 6.71. The third-order valence-corrected chi connectivity index (χ3v) is 5.85. The number of hydrogen-bond donors (Lipinski definition) is 1. The van der Waals surface area contributed by atoms with E-state index in [9.17, 15) is 0 Å². The van der Waals surface area contributed by atoms with Crippen molar-refractivity contribution < 1.29 is 14.2 Å². The molecule has 0 amide bonds. The van der Waals surface area contributed by atoms with Crippen LogP contribution in [0.1, 0.15) is 39.2 Å². The van der Waals surface area contributed by atoms with Gasteiger partial charge >= 0.3 is 0 Å². The van der Waals surface area contributed by atoms with Crippen LogP contribution in [-0.2, 0) is 9.75 Å².